The van der Waals surface area contributed by atoms with Gasteiger partial charge >= 0.3 is 0 Å². The van der Waals surface area contributed by atoms with Gasteiger partial charge in [-0.3, -0.25) is 0 Å². The molecule has 0 unspecified atom stereocenters. The fourth-order valence-corrected chi connectivity index (χ4v) is 6.81. The molecule has 1 nitrogen and oxygen atoms in total. The van der Waals surface area contributed by atoms with Gasteiger partial charge in [-0.05, 0) is 23.8 Å². The largest absolute Gasteiger partial charge is 0.248 e. The summed E-state index contributed by atoms with van der Waals surface area (Å²) < 4.78 is 3.82. The van der Waals surface area contributed by atoms with Gasteiger partial charge in [-0.15, -0.1) is 22.7 Å². The van der Waals surface area contributed by atoms with Crippen molar-refractivity contribution in [3.8, 4) is 22.5 Å². The minimum Gasteiger partial charge on any atom is -0.248 e. The molecule has 3 aromatic carbocycles. The summed E-state index contributed by atoms with van der Waals surface area (Å²) in [6.07, 6.45) is 3.84. The number of rotatable bonds is 4. The van der Waals surface area contributed by atoms with E-state index in [1.807, 2.05) is 37.3 Å². The lowest BCUT2D eigenvalue weighted by atomic mass is 10.0. The summed E-state index contributed by atoms with van der Waals surface area (Å²) in [6.45, 7) is 12.0. The van der Waals surface area contributed by atoms with Crippen molar-refractivity contribution in [1.82, 2.24) is 4.98 Å². The Morgan fingerprint density at radius 1 is 0.618 bits per heavy atom. The molecule has 6 aromatic rings. The summed E-state index contributed by atoms with van der Waals surface area (Å²) in [5, 5.41) is 3.81. The Kier molecular flexibility index (Phi) is 6.14. The van der Waals surface area contributed by atoms with Crippen molar-refractivity contribution < 1.29 is 0 Å². The zero-order chi connectivity index (χ0) is 23.7. The van der Waals surface area contributed by atoms with E-state index in [1.165, 1.54) is 35.8 Å². The minimum atomic E-state index is 0.985. The second kappa shape index (κ2) is 9.38. The normalized spacial score (nSPS) is 10.9. The highest BCUT2D eigenvalue weighted by Crippen LogP contribution is 2.41. The van der Waals surface area contributed by atoms with E-state index in [9.17, 15) is 0 Å². The number of hydrogen-bond acceptors (Lipinski definition) is 3. The number of pyridine rings is 1. The van der Waals surface area contributed by atoms with Gasteiger partial charge in [0.2, 0.25) is 0 Å². The smallest absolute Gasteiger partial charge is 0.0723 e. The molecule has 0 fully saturated rings. The van der Waals surface area contributed by atoms with E-state index in [1.54, 1.807) is 11.3 Å². The molecular weight excluding hydrogens is 450 g/mol. The van der Waals surface area contributed by atoms with Gasteiger partial charge in [-0.1, -0.05) is 99.8 Å². The number of thiophene rings is 2. The summed E-state index contributed by atoms with van der Waals surface area (Å²) in [5.41, 5.74) is 5.46. The maximum absolute atomic E-state index is 5.14. The van der Waals surface area contributed by atoms with E-state index >= 15 is 0 Å². The van der Waals surface area contributed by atoms with E-state index in [2.05, 4.69) is 92.0 Å². The molecule has 166 valence electrons. The lowest BCUT2D eigenvalue weighted by Crippen LogP contribution is -1.88. The predicted molar refractivity (Wildman–Crippen MR) is 155 cm³/mol. The van der Waals surface area contributed by atoms with Crippen LogP contribution in [0.15, 0.2) is 92.0 Å². The Hall–Kier alpha value is -3.53. The van der Waals surface area contributed by atoms with Crippen LogP contribution in [0.25, 0.3) is 64.9 Å². The number of fused-ring (bicyclic) bond motifs is 4. The van der Waals surface area contributed by atoms with Crippen LogP contribution < -0.4 is 0 Å². The van der Waals surface area contributed by atoms with Crippen molar-refractivity contribution in [3.05, 3.63) is 102 Å². The monoisotopic (exact) mass is 475 g/mol. The zero-order valence-corrected chi connectivity index (χ0v) is 21.0. The molecule has 0 spiro atoms. The minimum absolute atomic E-state index is 0.985. The van der Waals surface area contributed by atoms with Crippen molar-refractivity contribution in [3.63, 3.8) is 0 Å². The second-order valence-electron chi connectivity index (χ2n) is 7.66. The molecule has 0 N–H and O–H groups in total. The quantitative estimate of drug-likeness (QED) is 0.247. The van der Waals surface area contributed by atoms with Crippen LogP contribution in [0.1, 0.15) is 24.3 Å². The summed E-state index contributed by atoms with van der Waals surface area (Å²) in [6, 6.07) is 27.9. The van der Waals surface area contributed by atoms with Gasteiger partial charge in [0.25, 0.3) is 0 Å². The fourth-order valence-electron chi connectivity index (χ4n) is 4.40. The average molecular weight is 476 g/mol. The first-order valence-corrected chi connectivity index (χ1v) is 13.1. The molecule has 0 bridgehead atoms. The highest BCUT2D eigenvalue weighted by Gasteiger charge is 2.15. The van der Waals surface area contributed by atoms with Crippen molar-refractivity contribution >= 4 is 65.1 Å². The van der Waals surface area contributed by atoms with E-state index in [-0.39, 0.29) is 0 Å². The summed E-state index contributed by atoms with van der Waals surface area (Å²) in [5.74, 6) is 0. The standard InChI is InChI=1S/C29H19NS2.C2H6/c1-3-18-20-11-7-13-22(28(20)31-26(18)4-2)24-15-9-16-25(30-24)23-14-8-12-21-19-10-5-6-17-27(19)32-29(21)23;1-2/h3-17H,1-2H2;1-2H3. The zero-order valence-electron chi connectivity index (χ0n) is 19.3. The van der Waals surface area contributed by atoms with Crippen LogP contribution in [0.3, 0.4) is 0 Å². The molecule has 3 heteroatoms. The van der Waals surface area contributed by atoms with Crippen molar-refractivity contribution in [2.75, 3.05) is 0 Å². The van der Waals surface area contributed by atoms with Gasteiger partial charge in [-0.25, -0.2) is 4.98 Å². The van der Waals surface area contributed by atoms with Crippen LogP contribution in [-0.2, 0) is 0 Å². The predicted octanol–water partition coefficient (Wildman–Crippen LogP) is 10.3. The first kappa shape index (κ1) is 22.3. The Morgan fingerprint density at radius 3 is 1.88 bits per heavy atom. The van der Waals surface area contributed by atoms with E-state index in [0.717, 1.165) is 27.4 Å². The molecule has 0 aliphatic rings. The summed E-state index contributed by atoms with van der Waals surface area (Å²) >= 11 is 3.59. The molecule has 0 atom stereocenters. The van der Waals surface area contributed by atoms with Gasteiger partial charge in [0.05, 0.1) is 11.4 Å². The highest BCUT2D eigenvalue weighted by molar-refractivity contribution is 7.26. The molecule has 6 rings (SSSR count). The Labute approximate surface area is 208 Å². The van der Waals surface area contributed by atoms with Crippen LogP contribution in [-0.4, -0.2) is 4.98 Å². The Morgan fingerprint density at radius 2 is 1.21 bits per heavy atom. The van der Waals surface area contributed by atoms with Crippen molar-refractivity contribution in [2.45, 2.75) is 13.8 Å². The van der Waals surface area contributed by atoms with Gasteiger partial charge in [0.15, 0.2) is 0 Å². The van der Waals surface area contributed by atoms with Gasteiger partial charge in [0.1, 0.15) is 0 Å². The van der Waals surface area contributed by atoms with Crippen LogP contribution in [0.4, 0.5) is 0 Å². The Balaban J connectivity index is 0.00000117. The highest BCUT2D eigenvalue weighted by atomic mass is 32.1. The third-order valence-corrected chi connectivity index (χ3v) is 8.35. The molecule has 34 heavy (non-hydrogen) atoms. The first-order chi connectivity index (χ1) is 16.8. The van der Waals surface area contributed by atoms with Crippen LogP contribution in [0.5, 0.6) is 0 Å². The van der Waals surface area contributed by atoms with Crippen LogP contribution in [0.2, 0.25) is 0 Å². The molecule has 0 aliphatic heterocycles. The van der Waals surface area contributed by atoms with Crippen molar-refractivity contribution in [2.24, 2.45) is 0 Å². The van der Waals surface area contributed by atoms with Gasteiger partial charge in [0, 0.05) is 46.3 Å². The first-order valence-electron chi connectivity index (χ1n) is 11.5. The molecule has 0 saturated carbocycles. The van der Waals surface area contributed by atoms with E-state index in [0.29, 0.717) is 0 Å². The second-order valence-corrected chi connectivity index (χ2v) is 9.76. The van der Waals surface area contributed by atoms with Crippen molar-refractivity contribution in [1.29, 1.82) is 0 Å². The number of aromatic nitrogens is 1. The molecule has 0 radical (unpaired) electrons. The van der Waals surface area contributed by atoms with Gasteiger partial charge < -0.3 is 0 Å². The summed E-state index contributed by atoms with van der Waals surface area (Å²) in [7, 11) is 0. The van der Waals surface area contributed by atoms with Gasteiger partial charge in [-0.2, -0.15) is 0 Å². The summed E-state index contributed by atoms with van der Waals surface area (Å²) in [4.78, 5) is 6.28. The molecule has 0 amide bonds. The molecule has 0 saturated heterocycles. The SMILES string of the molecule is C=Cc1sc2c(-c3cccc(-c4cccc5c4sc4ccccc45)n3)cccc2c1C=C.CC. The lowest BCUT2D eigenvalue weighted by Gasteiger charge is -2.07. The third kappa shape index (κ3) is 3.58. The fraction of sp³-hybridized carbons (Fsp3) is 0.0645. The molecule has 3 heterocycles. The third-order valence-electron chi connectivity index (χ3n) is 5.88. The lowest BCUT2D eigenvalue weighted by molar-refractivity contribution is 1.34. The van der Waals surface area contributed by atoms with Crippen LogP contribution >= 0.6 is 22.7 Å². The molecular formula is C31H25NS2. The number of hydrogen-bond donors (Lipinski definition) is 0. The average Bonchev–Trinajstić information content (AvgIpc) is 3.47. The number of benzene rings is 3. The number of nitrogens with zero attached hydrogens (tertiary/aromatic N) is 1. The van der Waals surface area contributed by atoms with E-state index < -0.39 is 0 Å². The maximum Gasteiger partial charge on any atom is 0.0723 e. The molecule has 0 aliphatic carbocycles. The maximum atomic E-state index is 5.14. The Bertz CT molecular complexity index is 1670. The van der Waals surface area contributed by atoms with Crippen LogP contribution in [0, 0.1) is 0 Å². The molecule has 3 aromatic heterocycles. The topological polar surface area (TPSA) is 12.9 Å². The van der Waals surface area contributed by atoms with E-state index in [4.69, 9.17) is 4.98 Å².